The maximum Gasteiger partial charge on any atom is 0.243 e. The summed E-state index contributed by atoms with van der Waals surface area (Å²) in [5, 5.41) is 3.39. The summed E-state index contributed by atoms with van der Waals surface area (Å²) in [6.45, 7) is 1.95. The van der Waals surface area contributed by atoms with Crippen molar-refractivity contribution in [3.63, 3.8) is 0 Å². The quantitative estimate of drug-likeness (QED) is 0.887. The fourth-order valence-corrected chi connectivity index (χ4v) is 4.07. The van der Waals surface area contributed by atoms with E-state index in [4.69, 9.17) is 0 Å². The summed E-state index contributed by atoms with van der Waals surface area (Å²) >= 11 is 0. The van der Waals surface area contributed by atoms with E-state index in [1.54, 1.807) is 4.90 Å². The molecule has 4 rings (SSSR count). The molecular weight excluding hydrogens is 314 g/mol. The minimum Gasteiger partial charge on any atom is -0.333 e. The molecule has 3 aliphatic heterocycles. The Kier molecular flexibility index (Phi) is 4.60. The van der Waals surface area contributed by atoms with E-state index in [0.717, 1.165) is 43.6 Å². The molecule has 2 bridgehead atoms. The standard InChI is InChI=1S/C17H21N3O2.ClH/c21-16-8-5-12-3-1-2-4-15(12)19(16)11-17(22)20-13-6-7-14(20)10-18-9-13;/h1-4,13-14,18H,5-11H2;1H/t13-,14+;. The zero-order chi connectivity index (χ0) is 15.1. The van der Waals surface area contributed by atoms with Crippen LogP contribution in [0.5, 0.6) is 0 Å². The highest BCUT2D eigenvalue weighted by Crippen LogP contribution is 2.30. The number of amides is 2. The summed E-state index contributed by atoms with van der Waals surface area (Å²) in [4.78, 5) is 28.8. The molecule has 1 N–H and O–H groups in total. The van der Waals surface area contributed by atoms with Crippen molar-refractivity contribution in [2.24, 2.45) is 0 Å². The molecule has 2 atom stereocenters. The minimum atomic E-state index is 0. The van der Waals surface area contributed by atoms with Crippen molar-refractivity contribution in [3.8, 4) is 0 Å². The molecule has 0 saturated carbocycles. The first-order valence-electron chi connectivity index (χ1n) is 8.14. The fraction of sp³-hybridized carbons (Fsp3) is 0.529. The number of benzene rings is 1. The van der Waals surface area contributed by atoms with Gasteiger partial charge in [-0.25, -0.2) is 0 Å². The van der Waals surface area contributed by atoms with Gasteiger partial charge in [0.2, 0.25) is 11.8 Å². The second-order valence-corrected chi connectivity index (χ2v) is 6.45. The lowest BCUT2D eigenvalue weighted by Crippen LogP contribution is -2.57. The number of hydrogen-bond acceptors (Lipinski definition) is 3. The summed E-state index contributed by atoms with van der Waals surface area (Å²) in [5.74, 6) is 0.161. The molecule has 3 aliphatic rings. The van der Waals surface area contributed by atoms with Crippen LogP contribution in [0, 0.1) is 0 Å². The topological polar surface area (TPSA) is 52.7 Å². The van der Waals surface area contributed by atoms with E-state index in [-0.39, 0.29) is 30.8 Å². The van der Waals surface area contributed by atoms with E-state index < -0.39 is 0 Å². The Morgan fingerprint density at radius 2 is 1.83 bits per heavy atom. The first-order chi connectivity index (χ1) is 10.7. The highest BCUT2D eigenvalue weighted by molar-refractivity contribution is 6.01. The van der Waals surface area contributed by atoms with Crippen LogP contribution in [0.4, 0.5) is 5.69 Å². The Balaban J connectivity index is 0.00000156. The molecule has 6 heteroatoms. The van der Waals surface area contributed by atoms with Crippen molar-refractivity contribution in [3.05, 3.63) is 29.8 Å². The molecule has 1 aromatic rings. The molecule has 2 amide bonds. The first kappa shape index (κ1) is 16.3. The number of halogens is 1. The highest BCUT2D eigenvalue weighted by Gasteiger charge is 2.40. The van der Waals surface area contributed by atoms with Crippen molar-refractivity contribution in [2.75, 3.05) is 24.5 Å². The summed E-state index contributed by atoms with van der Waals surface area (Å²) in [5.41, 5.74) is 2.08. The second kappa shape index (κ2) is 6.49. The normalized spacial score (nSPS) is 25.8. The van der Waals surface area contributed by atoms with E-state index in [2.05, 4.69) is 5.32 Å². The van der Waals surface area contributed by atoms with E-state index in [9.17, 15) is 9.59 Å². The third-order valence-electron chi connectivity index (χ3n) is 5.15. The van der Waals surface area contributed by atoms with Gasteiger partial charge in [-0.05, 0) is 30.9 Å². The molecule has 0 aromatic heterocycles. The van der Waals surface area contributed by atoms with Crippen LogP contribution in [0.1, 0.15) is 24.8 Å². The number of fused-ring (bicyclic) bond motifs is 3. The lowest BCUT2D eigenvalue weighted by molar-refractivity contribution is -0.134. The van der Waals surface area contributed by atoms with Crippen LogP contribution in [0.2, 0.25) is 0 Å². The molecule has 3 heterocycles. The number of nitrogens with one attached hydrogen (secondary N) is 1. The van der Waals surface area contributed by atoms with Gasteiger partial charge in [0.25, 0.3) is 0 Å². The molecule has 23 heavy (non-hydrogen) atoms. The SMILES string of the molecule is Cl.O=C1CCc2ccccc2N1CC(=O)N1[C@@H]2CC[C@H]1CNC2. The largest absolute Gasteiger partial charge is 0.333 e. The zero-order valence-electron chi connectivity index (χ0n) is 13.0. The molecule has 0 unspecified atom stereocenters. The van der Waals surface area contributed by atoms with Crippen LogP contribution in [-0.2, 0) is 16.0 Å². The molecule has 2 fully saturated rings. The third kappa shape index (κ3) is 2.83. The number of nitrogens with zero attached hydrogens (tertiary/aromatic N) is 2. The zero-order valence-corrected chi connectivity index (χ0v) is 13.8. The number of aryl methyl sites for hydroxylation is 1. The van der Waals surface area contributed by atoms with Gasteiger partial charge in [0.1, 0.15) is 6.54 Å². The second-order valence-electron chi connectivity index (χ2n) is 6.45. The summed E-state index contributed by atoms with van der Waals surface area (Å²) < 4.78 is 0. The number of para-hydroxylation sites is 1. The number of carbonyl (C=O) groups is 2. The minimum absolute atomic E-state index is 0. The fourth-order valence-electron chi connectivity index (χ4n) is 4.07. The van der Waals surface area contributed by atoms with E-state index in [0.29, 0.717) is 18.5 Å². The summed E-state index contributed by atoms with van der Waals surface area (Å²) in [6.07, 6.45) is 3.43. The smallest absolute Gasteiger partial charge is 0.243 e. The van der Waals surface area contributed by atoms with Gasteiger partial charge in [0.15, 0.2) is 0 Å². The average Bonchev–Trinajstić information content (AvgIpc) is 2.79. The number of hydrogen-bond donors (Lipinski definition) is 1. The van der Waals surface area contributed by atoms with E-state index in [1.807, 2.05) is 29.2 Å². The summed E-state index contributed by atoms with van der Waals surface area (Å²) in [6, 6.07) is 8.54. The Hall–Kier alpha value is -1.59. The molecule has 0 aliphatic carbocycles. The summed E-state index contributed by atoms with van der Waals surface area (Å²) in [7, 11) is 0. The Bertz CT molecular complexity index is 606. The van der Waals surface area contributed by atoms with Crippen molar-refractivity contribution >= 4 is 29.9 Å². The Labute approximate surface area is 142 Å². The van der Waals surface area contributed by atoms with Crippen LogP contribution >= 0.6 is 12.4 Å². The number of rotatable bonds is 2. The van der Waals surface area contributed by atoms with Crippen LogP contribution in [0.3, 0.4) is 0 Å². The predicted octanol–water partition coefficient (Wildman–Crippen LogP) is 1.35. The first-order valence-corrected chi connectivity index (χ1v) is 8.14. The van der Waals surface area contributed by atoms with Gasteiger partial charge in [-0.3, -0.25) is 9.59 Å². The van der Waals surface area contributed by atoms with Gasteiger partial charge in [0.05, 0.1) is 0 Å². The van der Waals surface area contributed by atoms with Gasteiger partial charge in [-0.1, -0.05) is 18.2 Å². The molecular formula is C17H22ClN3O2. The number of anilines is 1. The Morgan fingerprint density at radius 3 is 2.57 bits per heavy atom. The molecule has 0 radical (unpaired) electrons. The number of carbonyl (C=O) groups excluding carboxylic acids is 2. The van der Waals surface area contributed by atoms with Gasteiger partial charge in [0, 0.05) is 37.3 Å². The van der Waals surface area contributed by atoms with Gasteiger partial charge >= 0.3 is 0 Å². The van der Waals surface area contributed by atoms with E-state index in [1.165, 1.54) is 0 Å². The van der Waals surface area contributed by atoms with Gasteiger partial charge < -0.3 is 15.1 Å². The molecule has 124 valence electrons. The highest BCUT2D eigenvalue weighted by atomic mass is 35.5. The van der Waals surface area contributed by atoms with Gasteiger partial charge in [-0.15, -0.1) is 12.4 Å². The van der Waals surface area contributed by atoms with Crippen LogP contribution in [0.15, 0.2) is 24.3 Å². The van der Waals surface area contributed by atoms with Crippen molar-refractivity contribution < 1.29 is 9.59 Å². The van der Waals surface area contributed by atoms with Crippen LogP contribution < -0.4 is 10.2 Å². The maximum atomic E-state index is 12.8. The van der Waals surface area contributed by atoms with Gasteiger partial charge in [-0.2, -0.15) is 0 Å². The van der Waals surface area contributed by atoms with Crippen LogP contribution in [0.25, 0.3) is 0 Å². The molecule has 1 aromatic carbocycles. The van der Waals surface area contributed by atoms with Crippen LogP contribution in [-0.4, -0.2) is 48.4 Å². The number of piperazine rings is 1. The maximum absolute atomic E-state index is 12.8. The van der Waals surface area contributed by atoms with Crippen molar-refractivity contribution in [2.45, 2.75) is 37.8 Å². The molecule has 5 nitrogen and oxygen atoms in total. The predicted molar refractivity (Wildman–Crippen MR) is 90.9 cm³/mol. The lowest BCUT2D eigenvalue weighted by atomic mass is 10.0. The third-order valence-corrected chi connectivity index (χ3v) is 5.15. The lowest BCUT2D eigenvalue weighted by Gasteiger charge is -2.37. The molecule has 2 saturated heterocycles. The molecule has 0 spiro atoms. The monoisotopic (exact) mass is 335 g/mol. The average molecular weight is 336 g/mol. The van der Waals surface area contributed by atoms with Crippen molar-refractivity contribution in [1.29, 1.82) is 0 Å². The van der Waals surface area contributed by atoms with Crippen molar-refractivity contribution in [1.82, 2.24) is 10.2 Å². The van der Waals surface area contributed by atoms with E-state index >= 15 is 0 Å². The Morgan fingerprint density at radius 1 is 1.13 bits per heavy atom.